The van der Waals surface area contributed by atoms with Gasteiger partial charge in [-0.2, -0.15) is 0 Å². The molecule has 0 bridgehead atoms. The van der Waals surface area contributed by atoms with E-state index in [9.17, 15) is 4.79 Å². The number of piperidine rings is 1. The Morgan fingerprint density at radius 2 is 1.89 bits per heavy atom. The number of ether oxygens (including phenoxy) is 1. The van der Waals surface area contributed by atoms with Crippen LogP contribution in [0.3, 0.4) is 0 Å². The van der Waals surface area contributed by atoms with E-state index in [1.165, 1.54) is 32.4 Å². The van der Waals surface area contributed by atoms with Crippen LogP contribution in [-0.4, -0.2) is 42.7 Å². The van der Waals surface area contributed by atoms with Gasteiger partial charge < -0.3 is 19.9 Å². The molecule has 0 atom stereocenters. The van der Waals surface area contributed by atoms with Gasteiger partial charge in [-0.3, -0.25) is 4.79 Å². The lowest BCUT2D eigenvalue weighted by Gasteiger charge is -2.26. The summed E-state index contributed by atoms with van der Waals surface area (Å²) in [4.78, 5) is 17.7. The van der Waals surface area contributed by atoms with Gasteiger partial charge in [-0.25, -0.2) is 0 Å². The largest absolute Gasteiger partial charge is 0.494 e. The highest BCUT2D eigenvalue weighted by atomic mass is 35.5. The lowest BCUT2D eigenvalue weighted by molar-refractivity contribution is 0.205. The molecule has 3 heterocycles. The number of fused-ring (bicyclic) bond motifs is 3. The van der Waals surface area contributed by atoms with E-state index < -0.39 is 0 Å². The number of hydrogen-bond acceptors (Lipinski definition) is 4. The van der Waals surface area contributed by atoms with E-state index in [1.807, 2.05) is 12.1 Å². The Morgan fingerprint density at radius 1 is 1.07 bits per heavy atom. The van der Waals surface area contributed by atoms with Crippen LogP contribution in [0.4, 0.5) is 5.69 Å². The first kappa shape index (κ1) is 21.9. The number of nitrogens with zero attached hydrogens (tertiary/aromatic N) is 1. The van der Waals surface area contributed by atoms with Crippen LogP contribution in [-0.2, 0) is 6.42 Å². The van der Waals surface area contributed by atoms with Crippen molar-refractivity contribution in [1.82, 2.24) is 9.88 Å². The van der Waals surface area contributed by atoms with Crippen LogP contribution in [0, 0.1) is 0 Å². The van der Waals surface area contributed by atoms with E-state index in [1.54, 1.807) is 0 Å². The summed E-state index contributed by atoms with van der Waals surface area (Å²) in [5, 5.41) is 4.46. The van der Waals surface area contributed by atoms with Crippen molar-refractivity contribution in [2.45, 2.75) is 38.5 Å². The van der Waals surface area contributed by atoms with Gasteiger partial charge in [-0.05, 0) is 63.4 Å². The van der Waals surface area contributed by atoms with E-state index in [0.29, 0.717) is 0 Å². The van der Waals surface area contributed by atoms with E-state index in [-0.39, 0.29) is 30.4 Å². The van der Waals surface area contributed by atoms with E-state index >= 15 is 0 Å². The molecule has 1 aromatic carbocycles. The Labute approximate surface area is 172 Å². The van der Waals surface area contributed by atoms with E-state index in [4.69, 9.17) is 4.74 Å². The molecule has 150 valence electrons. The van der Waals surface area contributed by atoms with Gasteiger partial charge in [-0.15, -0.1) is 24.8 Å². The second-order valence-electron chi connectivity index (χ2n) is 7.15. The molecule has 2 aliphatic heterocycles. The molecule has 2 aliphatic rings. The average Bonchev–Trinajstić information content (AvgIpc) is 2.67. The van der Waals surface area contributed by atoms with Gasteiger partial charge in [0, 0.05) is 24.0 Å². The standard InChI is InChI=1S/C20H27N3O2.2ClH/c24-20-16-6-4-9-21-19(16)17-14-15(7-8-18(17)22-20)25-13-5-12-23-10-2-1-3-11-23;;/h7-8,14,21H,1-6,9-13H2,(H,22,24);2*1H. The van der Waals surface area contributed by atoms with Crippen molar-refractivity contribution in [3.63, 3.8) is 0 Å². The fraction of sp³-hybridized carbons (Fsp3) is 0.550. The molecule has 1 fully saturated rings. The molecule has 5 nitrogen and oxygen atoms in total. The molecule has 0 saturated carbocycles. The predicted molar refractivity (Wildman–Crippen MR) is 116 cm³/mol. The molecule has 0 spiro atoms. The SMILES string of the molecule is Cl.Cl.O=c1[nH]c2ccc(OCCCN3CCCCC3)cc2c2c1CCCN2. The van der Waals surface area contributed by atoms with Gasteiger partial charge in [0.2, 0.25) is 0 Å². The molecule has 2 aromatic rings. The maximum absolute atomic E-state index is 12.2. The number of hydrogen-bond donors (Lipinski definition) is 2. The first-order chi connectivity index (χ1) is 12.3. The Bertz CT molecular complexity index is 804. The zero-order valence-electron chi connectivity index (χ0n) is 15.6. The van der Waals surface area contributed by atoms with Crippen molar-refractivity contribution < 1.29 is 4.74 Å². The maximum Gasteiger partial charge on any atom is 0.253 e. The van der Waals surface area contributed by atoms with Crippen LogP contribution in [0.2, 0.25) is 0 Å². The minimum Gasteiger partial charge on any atom is -0.494 e. The smallest absolute Gasteiger partial charge is 0.253 e. The van der Waals surface area contributed by atoms with Gasteiger partial charge >= 0.3 is 0 Å². The molecule has 0 amide bonds. The molecular weight excluding hydrogens is 385 g/mol. The van der Waals surface area contributed by atoms with Gasteiger partial charge in [0.05, 0.1) is 17.8 Å². The lowest BCUT2D eigenvalue weighted by atomic mass is 10.0. The number of rotatable bonds is 5. The first-order valence-corrected chi connectivity index (χ1v) is 9.59. The fourth-order valence-corrected chi connectivity index (χ4v) is 3.98. The van der Waals surface area contributed by atoms with Crippen molar-refractivity contribution in [2.75, 3.05) is 38.1 Å². The molecule has 1 saturated heterocycles. The molecule has 4 rings (SSSR count). The summed E-state index contributed by atoms with van der Waals surface area (Å²) in [6.45, 7) is 5.26. The maximum atomic E-state index is 12.2. The van der Waals surface area contributed by atoms with Gasteiger partial charge in [-0.1, -0.05) is 6.42 Å². The molecular formula is C20H29Cl2N3O2. The third kappa shape index (κ3) is 5.09. The Hall–Kier alpha value is -1.43. The van der Waals surface area contributed by atoms with E-state index in [0.717, 1.165) is 66.9 Å². The molecule has 7 heteroatoms. The monoisotopic (exact) mass is 413 g/mol. The molecule has 0 aliphatic carbocycles. The first-order valence-electron chi connectivity index (χ1n) is 9.59. The van der Waals surface area contributed by atoms with Crippen LogP contribution >= 0.6 is 24.8 Å². The topological polar surface area (TPSA) is 57.4 Å². The second kappa shape index (κ2) is 10.2. The second-order valence-corrected chi connectivity index (χ2v) is 7.15. The number of aromatic nitrogens is 1. The fourth-order valence-electron chi connectivity index (χ4n) is 3.98. The summed E-state index contributed by atoms with van der Waals surface area (Å²) in [6, 6.07) is 5.96. The number of H-pyrrole nitrogens is 1. The van der Waals surface area contributed by atoms with Crippen LogP contribution in [0.25, 0.3) is 10.9 Å². The third-order valence-corrected chi connectivity index (χ3v) is 5.33. The number of aromatic amines is 1. The van der Waals surface area contributed by atoms with Crippen LogP contribution in [0.1, 0.15) is 37.7 Å². The normalized spacial score (nSPS) is 16.6. The predicted octanol–water partition coefficient (Wildman–Crippen LogP) is 3.98. The number of halogens is 2. The zero-order chi connectivity index (χ0) is 17.1. The summed E-state index contributed by atoms with van der Waals surface area (Å²) < 4.78 is 5.98. The van der Waals surface area contributed by atoms with Gasteiger partial charge in [0.1, 0.15) is 5.75 Å². The van der Waals surface area contributed by atoms with Crippen LogP contribution < -0.4 is 15.6 Å². The Balaban J connectivity index is 0.00000131. The molecule has 0 unspecified atom stereocenters. The molecule has 1 aromatic heterocycles. The lowest BCUT2D eigenvalue weighted by Crippen LogP contribution is -2.31. The summed E-state index contributed by atoms with van der Waals surface area (Å²) in [6.07, 6.45) is 6.96. The highest BCUT2D eigenvalue weighted by Crippen LogP contribution is 2.30. The van der Waals surface area contributed by atoms with Crippen molar-refractivity contribution in [3.05, 3.63) is 34.1 Å². The number of benzene rings is 1. The van der Waals surface area contributed by atoms with Crippen LogP contribution in [0.5, 0.6) is 5.75 Å². The minimum atomic E-state index is 0. The summed E-state index contributed by atoms with van der Waals surface area (Å²) >= 11 is 0. The zero-order valence-corrected chi connectivity index (χ0v) is 17.2. The number of nitrogens with one attached hydrogen (secondary N) is 2. The highest BCUT2D eigenvalue weighted by Gasteiger charge is 2.16. The molecule has 0 radical (unpaired) electrons. The van der Waals surface area contributed by atoms with Crippen LogP contribution in [0.15, 0.2) is 23.0 Å². The third-order valence-electron chi connectivity index (χ3n) is 5.33. The van der Waals surface area contributed by atoms with Gasteiger partial charge in [0.25, 0.3) is 5.56 Å². The highest BCUT2D eigenvalue weighted by molar-refractivity contribution is 5.94. The number of likely N-dealkylation sites (tertiary alicyclic amines) is 1. The average molecular weight is 414 g/mol. The van der Waals surface area contributed by atoms with E-state index in [2.05, 4.69) is 21.3 Å². The van der Waals surface area contributed by atoms with Crippen molar-refractivity contribution in [3.8, 4) is 5.75 Å². The van der Waals surface area contributed by atoms with Crippen molar-refractivity contribution in [2.24, 2.45) is 0 Å². The summed E-state index contributed by atoms with van der Waals surface area (Å²) in [5.74, 6) is 0.882. The minimum absolute atomic E-state index is 0. The molecule has 27 heavy (non-hydrogen) atoms. The summed E-state index contributed by atoms with van der Waals surface area (Å²) in [7, 11) is 0. The molecule has 2 N–H and O–H groups in total. The number of pyridine rings is 1. The Kier molecular flexibility index (Phi) is 8.27. The van der Waals surface area contributed by atoms with Crippen molar-refractivity contribution in [1.29, 1.82) is 0 Å². The quantitative estimate of drug-likeness (QED) is 0.727. The Morgan fingerprint density at radius 3 is 2.70 bits per heavy atom. The van der Waals surface area contributed by atoms with Gasteiger partial charge in [0.15, 0.2) is 0 Å². The van der Waals surface area contributed by atoms with Crippen molar-refractivity contribution >= 4 is 41.4 Å². The number of anilines is 1. The summed E-state index contributed by atoms with van der Waals surface area (Å²) in [5.41, 5.74) is 2.77.